The van der Waals surface area contributed by atoms with E-state index < -0.39 is 0 Å². The summed E-state index contributed by atoms with van der Waals surface area (Å²) < 4.78 is 0. The summed E-state index contributed by atoms with van der Waals surface area (Å²) in [5, 5.41) is 3.57. The lowest BCUT2D eigenvalue weighted by molar-refractivity contribution is 0.424. The number of hydrogen-bond donors (Lipinski definition) is 1. The van der Waals surface area contributed by atoms with Gasteiger partial charge in [-0.1, -0.05) is 12.8 Å². The molecule has 0 aliphatic carbocycles. The number of nitrogens with one attached hydrogen (secondary N) is 1. The van der Waals surface area contributed by atoms with E-state index in [1.165, 1.54) is 50.0 Å². The lowest BCUT2D eigenvalue weighted by Gasteiger charge is -2.27. The van der Waals surface area contributed by atoms with E-state index in [4.69, 9.17) is 0 Å². The molecule has 0 unspecified atom stereocenters. The molecule has 2 heterocycles. The average molecular weight is 261 g/mol. The van der Waals surface area contributed by atoms with E-state index in [2.05, 4.69) is 42.0 Å². The van der Waals surface area contributed by atoms with E-state index in [0.717, 1.165) is 6.54 Å². The average Bonchev–Trinajstić information content (AvgIpc) is 2.64. The van der Waals surface area contributed by atoms with Crippen molar-refractivity contribution in [3.05, 3.63) is 24.0 Å². The predicted octanol–water partition coefficient (Wildman–Crippen LogP) is 3.35. The molecule has 1 aliphatic heterocycles. The first-order chi connectivity index (χ1) is 9.06. The van der Waals surface area contributed by atoms with E-state index >= 15 is 0 Å². The largest absolute Gasteiger partial charge is 0.371 e. The van der Waals surface area contributed by atoms with E-state index in [-0.39, 0.29) is 5.54 Å². The fourth-order valence-corrected chi connectivity index (χ4v) is 2.54. The molecule has 3 heteroatoms. The van der Waals surface area contributed by atoms with Crippen LogP contribution in [0, 0.1) is 0 Å². The zero-order chi connectivity index (χ0) is 13.7. The van der Waals surface area contributed by atoms with Gasteiger partial charge in [-0.15, -0.1) is 0 Å². The smallest absolute Gasteiger partial charge is 0.0442 e. The minimum atomic E-state index is 0.145. The summed E-state index contributed by atoms with van der Waals surface area (Å²) in [6, 6.07) is 2.17. The van der Waals surface area contributed by atoms with E-state index in [0.29, 0.717) is 0 Å². The molecule has 0 radical (unpaired) electrons. The molecule has 0 aromatic carbocycles. The second-order valence-corrected chi connectivity index (χ2v) is 6.51. The quantitative estimate of drug-likeness (QED) is 0.904. The SMILES string of the molecule is CC(C)(C)NCc1cnccc1N1CCCCCC1. The highest BCUT2D eigenvalue weighted by Crippen LogP contribution is 2.23. The van der Waals surface area contributed by atoms with Crippen molar-refractivity contribution < 1.29 is 0 Å². The zero-order valence-corrected chi connectivity index (χ0v) is 12.6. The standard InChI is InChI=1S/C16H27N3/c1-16(2,3)18-13-14-12-17-9-8-15(14)19-10-6-4-5-7-11-19/h8-9,12,18H,4-7,10-11,13H2,1-3H3. The third kappa shape index (κ3) is 4.50. The molecule has 0 atom stereocenters. The molecule has 106 valence electrons. The molecule has 0 amide bonds. The Kier molecular flexibility index (Phi) is 4.81. The lowest BCUT2D eigenvalue weighted by Crippen LogP contribution is -2.36. The Morgan fingerprint density at radius 2 is 1.84 bits per heavy atom. The zero-order valence-electron chi connectivity index (χ0n) is 12.6. The Balaban J connectivity index is 2.10. The summed E-state index contributed by atoms with van der Waals surface area (Å²) >= 11 is 0. The first kappa shape index (κ1) is 14.3. The van der Waals surface area contributed by atoms with Gasteiger partial charge >= 0.3 is 0 Å². The van der Waals surface area contributed by atoms with Gasteiger partial charge in [-0.05, 0) is 39.7 Å². The Hall–Kier alpha value is -1.09. The monoisotopic (exact) mass is 261 g/mol. The molecule has 1 saturated heterocycles. The van der Waals surface area contributed by atoms with Gasteiger partial charge < -0.3 is 10.2 Å². The van der Waals surface area contributed by atoms with Crippen LogP contribution in [0.15, 0.2) is 18.5 Å². The maximum absolute atomic E-state index is 4.30. The molecule has 1 aliphatic rings. The normalized spacial score (nSPS) is 17.3. The van der Waals surface area contributed by atoms with Gasteiger partial charge in [-0.2, -0.15) is 0 Å². The van der Waals surface area contributed by atoms with Crippen molar-refractivity contribution in [2.24, 2.45) is 0 Å². The van der Waals surface area contributed by atoms with Crippen LogP contribution < -0.4 is 10.2 Å². The van der Waals surface area contributed by atoms with E-state index in [1.54, 1.807) is 0 Å². The minimum absolute atomic E-state index is 0.145. The lowest BCUT2D eigenvalue weighted by atomic mass is 10.1. The van der Waals surface area contributed by atoms with Crippen LogP contribution in [0.2, 0.25) is 0 Å². The summed E-state index contributed by atoms with van der Waals surface area (Å²) in [5.74, 6) is 0. The molecule has 0 saturated carbocycles. The van der Waals surface area contributed by atoms with Gasteiger partial charge in [0.05, 0.1) is 0 Å². The van der Waals surface area contributed by atoms with Crippen LogP contribution in [-0.4, -0.2) is 23.6 Å². The molecule has 2 rings (SSSR count). The highest BCUT2D eigenvalue weighted by atomic mass is 15.1. The van der Waals surface area contributed by atoms with Crippen LogP contribution in [0.3, 0.4) is 0 Å². The molecule has 1 fully saturated rings. The maximum atomic E-state index is 4.30. The van der Waals surface area contributed by atoms with E-state index in [1.807, 2.05) is 12.4 Å². The summed E-state index contributed by atoms with van der Waals surface area (Å²) in [7, 11) is 0. The van der Waals surface area contributed by atoms with Gasteiger partial charge in [-0.25, -0.2) is 0 Å². The van der Waals surface area contributed by atoms with Crippen molar-refractivity contribution in [2.45, 2.75) is 58.5 Å². The number of anilines is 1. The topological polar surface area (TPSA) is 28.2 Å². The molecule has 3 nitrogen and oxygen atoms in total. The van der Waals surface area contributed by atoms with Crippen molar-refractivity contribution in [2.75, 3.05) is 18.0 Å². The molecule has 19 heavy (non-hydrogen) atoms. The maximum Gasteiger partial charge on any atom is 0.0442 e. The highest BCUT2D eigenvalue weighted by Gasteiger charge is 2.15. The second kappa shape index (κ2) is 6.38. The van der Waals surface area contributed by atoms with Crippen molar-refractivity contribution in [3.63, 3.8) is 0 Å². The van der Waals surface area contributed by atoms with Crippen LogP contribution in [0.5, 0.6) is 0 Å². The number of hydrogen-bond acceptors (Lipinski definition) is 3. The third-order valence-electron chi connectivity index (χ3n) is 3.63. The highest BCUT2D eigenvalue weighted by molar-refractivity contribution is 5.52. The fraction of sp³-hybridized carbons (Fsp3) is 0.688. The van der Waals surface area contributed by atoms with Gasteiger partial charge in [0.1, 0.15) is 0 Å². The fourth-order valence-electron chi connectivity index (χ4n) is 2.54. The number of nitrogens with zero attached hydrogens (tertiary/aromatic N) is 2. The Morgan fingerprint density at radius 3 is 2.47 bits per heavy atom. The van der Waals surface area contributed by atoms with Gasteiger partial charge in [0, 0.05) is 48.8 Å². The number of aromatic nitrogens is 1. The van der Waals surface area contributed by atoms with Gasteiger partial charge in [0.15, 0.2) is 0 Å². The van der Waals surface area contributed by atoms with Gasteiger partial charge in [-0.3, -0.25) is 4.98 Å². The molecule has 1 N–H and O–H groups in total. The summed E-state index contributed by atoms with van der Waals surface area (Å²) in [5.41, 5.74) is 2.83. The predicted molar refractivity (Wildman–Crippen MR) is 81.5 cm³/mol. The molecular weight excluding hydrogens is 234 g/mol. The van der Waals surface area contributed by atoms with Crippen molar-refractivity contribution in [1.29, 1.82) is 0 Å². The molecular formula is C16H27N3. The second-order valence-electron chi connectivity index (χ2n) is 6.51. The van der Waals surface area contributed by atoms with E-state index in [9.17, 15) is 0 Å². The van der Waals surface area contributed by atoms with Crippen molar-refractivity contribution >= 4 is 5.69 Å². The van der Waals surface area contributed by atoms with Crippen LogP contribution >= 0.6 is 0 Å². The number of pyridine rings is 1. The van der Waals surface area contributed by atoms with Crippen LogP contribution in [0.4, 0.5) is 5.69 Å². The Morgan fingerprint density at radius 1 is 1.16 bits per heavy atom. The van der Waals surface area contributed by atoms with Gasteiger partial charge in [0.25, 0.3) is 0 Å². The molecule has 0 bridgehead atoms. The summed E-state index contributed by atoms with van der Waals surface area (Å²) in [6.07, 6.45) is 9.30. The van der Waals surface area contributed by atoms with Crippen molar-refractivity contribution in [1.82, 2.24) is 10.3 Å². The van der Waals surface area contributed by atoms with Gasteiger partial charge in [0.2, 0.25) is 0 Å². The van der Waals surface area contributed by atoms with Crippen molar-refractivity contribution in [3.8, 4) is 0 Å². The van der Waals surface area contributed by atoms with Crippen LogP contribution in [0.25, 0.3) is 0 Å². The Labute approximate surface area is 117 Å². The summed E-state index contributed by atoms with van der Waals surface area (Å²) in [4.78, 5) is 6.83. The first-order valence-electron chi connectivity index (χ1n) is 7.49. The third-order valence-corrected chi connectivity index (χ3v) is 3.63. The van der Waals surface area contributed by atoms with Crippen LogP contribution in [-0.2, 0) is 6.54 Å². The minimum Gasteiger partial charge on any atom is -0.371 e. The number of rotatable bonds is 3. The Bertz CT molecular complexity index is 387. The van der Waals surface area contributed by atoms with Crippen LogP contribution in [0.1, 0.15) is 52.0 Å². The summed E-state index contributed by atoms with van der Waals surface area (Å²) in [6.45, 7) is 9.88. The molecule has 1 aromatic rings. The molecule has 1 aromatic heterocycles. The molecule has 0 spiro atoms. The first-order valence-corrected chi connectivity index (χ1v) is 7.49.